The lowest BCUT2D eigenvalue weighted by Crippen LogP contribution is -2.41. The minimum Gasteiger partial charge on any atom is -0.319 e. The highest BCUT2D eigenvalue weighted by atomic mass is 32.2. The smallest absolute Gasteiger partial charge is 0.319 e. The molecule has 1 saturated heterocycles. The van der Waals surface area contributed by atoms with Crippen molar-refractivity contribution in [2.45, 2.75) is 45.6 Å². The van der Waals surface area contributed by atoms with Crippen LogP contribution >= 0.6 is 11.8 Å². The van der Waals surface area contributed by atoms with Gasteiger partial charge in [0.15, 0.2) is 0 Å². The number of carbonyl (C=O) groups is 2. The van der Waals surface area contributed by atoms with Gasteiger partial charge in [-0.2, -0.15) is 11.8 Å². The third kappa shape index (κ3) is 3.55. The lowest BCUT2D eigenvalue weighted by Gasteiger charge is -2.24. The second kappa shape index (κ2) is 6.56. The first kappa shape index (κ1) is 17.9. The molecule has 1 heterocycles. The number of thioether (sulfide) groups is 1. The topological polar surface area (TPSA) is 49.4 Å². The van der Waals surface area contributed by atoms with E-state index in [4.69, 9.17) is 0 Å². The zero-order valence-corrected chi connectivity index (χ0v) is 15.4. The molecule has 23 heavy (non-hydrogen) atoms. The van der Waals surface area contributed by atoms with Gasteiger partial charge < -0.3 is 5.32 Å². The predicted octanol–water partition coefficient (Wildman–Crippen LogP) is 3.50. The van der Waals surface area contributed by atoms with Crippen molar-refractivity contribution >= 4 is 23.7 Å². The van der Waals surface area contributed by atoms with Crippen LogP contribution in [0.2, 0.25) is 0 Å². The summed E-state index contributed by atoms with van der Waals surface area (Å²) in [6.45, 7) is 10.8. The third-order valence-electron chi connectivity index (χ3n) is 4.27. The number of benzene rings is 1. The van der Waals surface area contributed by atoms with E-state index in [-0.39, 0.29) is 17.4 Å². The molecular weight excluding hydrogens is 308 g/mol. The molecular formula is C18H26N2O2S. The van der Waals surface area contributed by atoms with Crippen molar-refractivity contribution in [3.8, 4) is 0 Å². The Morgan fingerprint density at radius 2 is 1.78 bits per heavy atom. The molecule has 1 N–H and O–H groups in total. The van der Waals surface area contributed by atoms with Crippen LogP contribution < -0.4 is 5.32 Å². The van der Waals surface area contributed by atoms with Crippen molar-refractivity contribution in [2.75, 3.05) is 18.1 Å². The Kier molecular flexibility index (Phi) is 5.09. The van der Waals surface area contributed by atoms with E-state index < -0.39 is 5.54 Å². The van der Waals surface area contributed by atoms with Crippen molar-refractivity contribution in [3.63, 3.8) is 0 Å². The molecule has 0 saturated carbocycles. The van der Waals surface area contributed by atoms with Crippen molar-refractivity contribution in [1.82, 2.24) is 10.2 Å². The number of hydrogen-bond acceptors (Lipinski definition) is 3. The van der Waals surface area contributed by atoms with Gasteiger partial charge >= 0.3 is 6.03 Å². The quantitative estimate of drug-likeness (QED) is 0.662. The van der Waals surface area contributed by atoms with Crippen LogP contribution in [0.1, 0.15) is 45.7 Å². The predicted molar refractivity (Wildman–Crippen MR) is 95.7 cm³/mol. The summed E-state index contributed by atoms with van der Waals surface area (Å²) in [5.41, 5.74) is 1.13. The molecule has 2 rings (SSSR count). The number of hydrogen-bond donors (Lipinski definition) is 1. The lowest BCUT2D eigenvalue weighted by molar-refractivity contribution is -0.130. The lowest BCUT2D eigenvalue weighted by atomic mass is 9.84. The summed E-state index contributed by atoms with van der Waals surface area (Å²) in [6, 6.07) is 7.67. The summed E-state index contributed by atoms with van der Waals surface area (Å²) < 4.78 is 0. The Bertz CT molecular complexity index is 592. The fourth-order valence-corrected chi connectivity index (χ4v) is 3.30. The average molecular weight is 334 g/mol. The summed E-state index contributed by atoms with van der Waals surface area (Å²) in [6.07, 6.45) is 0. The van der Waals surface area contributed by atoms with E-state index in [1.165, 1.54) is 10.5 Å². The Morgan fingerprint density at radius 1 is 1.17 bits per heavy atom. The largest absolute Gasteiger partial charge is 0.325 e. The van der Waals surface area contributed by atoms with Gasteiger partial charge in [-0.05, 0) is 29.2 Å². The molecule has 0 radical (unpaired) electrons. The number of urea groups is 1. The van der Waals surface area contributed by atoms with Gasteiger partial charge in [0, 0.05) is 12.3 Å². The Labute approximate surface area is 143 Å². The molecule has 1 aromatic carbocycles. The van der Waals surface area contributed by atoms with Crippen molar-refractivity contribution in [1.29, 1.82) is 0 Å². The highest BCUT2D eigenvalue weighted by Gasteiger charge is 2.48. The maximum Gasteiger partial charge on any atom is 0.325 e. The van der Waals surface area contributed by atoms with E-state index in [2.05, 4.69) is 33.0 Å². The summed E-state index contributed by atoms with van der Waals surface area (Å²) in [7, 11) is 0. The van der Waals surface area contributed by atoms with Crippen LogP contribution in [-0.4, -0.2) is 34.9 Å². The van der Waals surface area contributed by atoms with Crippen LogP contribution in [0.5, 0.6) is 0 Å². The molecule has 1 aromatic rings. The summed E-state index contributed by atoms with van der Waals surface area (Å²) >= 11 is 1.73. The molecule has 1 aliphatic heterocycles. The van der Waals surface area contributed by atoms with Crippen molar-refractivity contribution < 1.29 is 9.59 Å². The number of carbonyl (C=O) groups excluding carboxylic acids is 2. The van der Waals surface area contributed by atoms with E-state index >= 15 is 0 Å². The molecule has 4 nitrogen and oxygen atoms in total. The monoisotopic (exact) mass is 334 g/mol. The van der Waals surface area contributed by atoms with Gasteiger partial charge in [-0.15, -0.1) is 0 Å². The highest BCUT2D eigenvalue weighted by molar-refractivity contribution is 7.99. The van der Waals surface area contributed by atoms with Gasteiger partial charge in [0.05, 0.1) is 0 Å². The Balaban J connectivity index is 2.21. The standard InChI is InChI=1S/C18H26N2O2S/c1-6-23-12-11-20-15(21)18(5,19-16(20)22)14-9-7-13(8-10-14)17(2,3)4/h7-10H,6,11-12H2,1-5H3,(H,19,22). The van der Waals surface area contributed by atoms with Gasteiger partial charge in [0.1, 0.15) is 5.54 Å². The first-order valence-corrected chi connectivity index (χ1v) is 9.18. The molecule has 1 aliphatic rings. The zero-order chi connectivity index (χ0) is 17.3. The second-order valence-corrected chi connectivity index (χ2v) is 8.43. The minimum atomic E-state index is -0.968. The molecule has 1 atom stereocenters. The van der Waals surface area contributed by atoms with Gasteiger partial charge in [0.25, 0.3) is 5.91 Å². The third-order valence-corrected chi connectivity index (χ3v) is 5.15. The van der Waals surface area contributed by atoms with E-state index in [0.29, 0.717) is 6.54 Å². The molecule has 5 heteroatoms. The Morgan fingerprint density at radius 3 is 2.30 bits per heavy atom. The second-order valence-electron chi connectivity index (χ2n) is 7.04. The van der Waals surface area contributed by atoms with Crippen molar-refractivity contribution in [2.24, 2.45) is 0 Å². The van der Waals surface area contributed by atoms with E-state index in [1.54, 1.807) is 18.7 Å². The summed E-state index contributed by atoms with van der Waals surface area (Å²) in [5, 5.41) is 2.86. The van der Waals surface area contributed by atoms with Crippen LogP contribution in [0, 0.1) is 0 Å². The average Bonchev–Trinajstić information content (AvgIpc) is 2.71. The number of nitrogens with zero attached hydrogens (tertiary/aromatic N) is 1. The Hall–Kier alpha value is -1.49. The molecule has 0 bridgehead atoms. The first-order chi connectivity index (χ1) is 10.7. The molecule has 3 amide bonds. The number of rotatable bonds is 5. The zero-order valence-electron chi connectivity index (χ0n) is 14.6. The van der Waals surface area contributed by atoms with E-state index in [0.717, 1.165) is 17.1 Å². The molecule has 0 spiro atoms. The van der Waals surface area contributed by atoms with Crippen LogP contribution in [0.25, 0.3) is 0 Å². The minimum absolute atomic E-state index is 0.0613. The number of imide groups is 1. The molecule has 1 fully saturated rings. The van der Waals surface area contributed by atoms with Crippen LogP contribution in [0.4, 0.5) is 4.79 Å². The fraction of sp³-hybridized carbons (Fsp3) is 0.556. The maximum atomic E-state index is 12.7. The first-order valence-electron chi connectivity index (χ1n) is 8.03. The molecule has 0 aromatic heterocycles. The van der Waals surface area contributed by atoms with E-state index in [1.807, 2.05) is 24.3 Å². The summed E-state index contributed by atoms with van der Waals surface area (Å²) in [4.78, 5) is 26.3. The molecule has 1 unspecified atom stereocenters. The van der Waals surface area contributed by atoms with Crippen molar-refractivity contribution in [3.05, 3.63) is 35.4 Å². The maximum absolute atomic E-state index is 12.7. The van der Waals surface area contributed by atoms with Gasteiger partial charge in [-0.25, -0.2) is 4.79 Å². The SMILES string of the molecule is CCSCCN1C(=O)NC(C)(c2ccc(C(C)(C)C)cc2)C1=O. The van der Waals surface area contributed by atoms with E-state index in [9.17, 15) is 9.59 Å². The van der Waals surface area contributed by atoms with Crippen LogP contribution in [0.15, 0.2) is 24.3 Å². The van der Waals surface area contributed by atoms with Crippen LogP contribution in [-0.2, 0) is 15.7 Å². The fourth-order valence-electron chi connectivity index (χ4n) is 2.70. The summed E-state index contributed by atoms with van der Waals surface area (Å²) in [5.74, 6) is 1.59. The molecule has 0 aliphatic carbocycles. The number of nitrogens with one attached hydrogen (secondary N) is 1. The van der Waals surface area contributed by atoms with Gasteiger partial charge in [-0.3, -0.25) is 9.69 Å². The van der Waals surface area contributed by atoms with Gasteiger partial charge in [-0.1, -0.05) is 52.0 Å². The molecule has 126 valence electrons. The number of amides is 3. The van der Waals surface area contributed by atoms with Gasteiger partial charge in [0.2, 0.25) is 0 Å². The highest BCUT2D eigenvalue weighted by Crippen LogP contribution is 2.31. The normalized spacial score (nSPS) is 21.7. The van der Waals surface area contributed by atoms with Crippen LogP contribution in [0.3, 0.4) is 0 Å².